The van der Waals surface area contributed by atoms with E-state index in [2.05, 4.69) is 10.1 Å². The second-order valence-corrected chi connectivity index (χ2v) is 4.85. The molecule has 1 aromatic carbocycles. The number of aromatic nitrogens is 2. The molecule has 2 heterocycles. The maximum absolute atomic E-state index is 12.8. The van der Waals surface area contributed by atoms with Crippen LogP contribution in [0, 0.1) is 5.82 Å². The van der Waals surface area contributed by atoms with Gasteiger partial charge in [0.05, 0.1) is 5.02 Å². The molecule has 0 radical (unpaired) electrons. The van der Waals surface area contributed by atoms with Crippen LogP contribution in [0.15, 0.2) is 40.2 Å². The zero-order valence-corrected chi connectivity index (χ0v) is 10.5. The lowest BCUT2D eigenvalue weighted by Crippen LogP contribution is -1.81. The summed E-state index contributed by atoms with van der Waals surface area (Å²) in [5.74, 6) is 0.479. The fourth-order valence-corrected chi connectivity index (χ4v) is 2.53. The Bertz CT molecular complexity index is 677. The number of benzene rings is 1. The Morgan fingerprint density at radius 3 is 2.61 bits per heavy atom. The Morgan fingerprint density at radius 1 is 1.17 bits per heavy atom. The molecule has 0 aliphatic carbocycles. The van der Waals surface area contributed by atoms with E-state index in [0.717, 1.165) is 4.88 Å². The number of hydrogen-bond acceptors (Lipinski definition) is 4. The molecule has 0 aliphatic rings. The predicted molar refractivity (Wildman–Crippen MR) is 68.0 cm³/mol. The van der Waals surface area contributed by atoms with E-state index in [0.29, 0.717) is 22.3 Å². The van der Waals surface area contributed by atoms with Gasteiger partial charge in [-0.2, -0.15) is 4.98 Å². The summed E-state index contributed by atoms with van der Waals surface area (Å²) in [5, 5.41) is 6.28. The lowest BCUT2D eigenvalue weighted by Gasteiger charge is -1.92. The maximum atomic E-state index is 12.8. The fraction of sp³-hybridized carbons (Fsp3) is 0. The van der Waals surface area contributed by atoms with E-state index in [1.807, 2.05) is 5.38 Å². The molecule has 6 heteroatoms. The summed E-state index contributed by atoms with van der Waals surface area (Å²) >= 11 is 7.41. The highest BCUT2D eigenvalue weighted by atomic mass is 35.5. The molecule has 0 amide bonds. The van der Waals surface area contributed by atoms with Gasteiger partial charge in [0.1, 0.15) is 10.7 Å². The molecule has 0 bridgehead atoms. The molecule has 0 fully saturated rings. The quantitative estimate of drug-likeness (QED) is 0.704. The van der Waals surface area contributed by atoms with Crippen LogP contribution in [-0.4, -0.2) is 10.1 Å². The van der Waals surface area contributed by atoms with Crippen LogP contribution in [0.25, 0.3) is 22.2 Å². The van der Waals surface area contributed by atoms with E-state index in [1.54, 1.807) is 18.2 Å². The molecule has 0 spiro atoms. The zero-order chi connectivity index (χ0) is 12.5. The molecule has 3 rings (SSSR count). The van der Waals surface area contributed by atoms with Crippen molar-refractivity contribution in [1.82, 2.24) is 10.1 Å². The van der Waals surface area contributed by atoms with Crippen LogP contribution < -0.4 is 0 Å². The van der Waals surface area contributed by atoms with Crippen molar-refractivity contribution in [3.8, 4) is 22.2 Å². The normalized spacial score (nSPS) is 10.8. The molecule has 3 aromatic rings. The van der Waals surface area contributed by atoms with E-state index < -0.39 is 0 Å². The van der Waals surface area contributed by atoms with Gasteiger partial charge in [0.25, 0.3) is 5.89 Å². The Morgan fingerprint density at radius 2 is 1.94 bits per heavy atom. The topological polar surface area (TPSA) is 38.9 Å². The summed E-state index contributed by atoms with van der Waals surface area (Å²) in [4.78, 5) is 4.97. The highest BCUT2D eigenvalue weighted by molar-refractivity contribution is 7.14. The highest BCUT2D eigenvalue weighted by Crippen LogP contribution is 2.32. The molecule has 0 atom stereocenters. The number of halogens is 2. The number of hydrogen-bond donors (Lipinski definition) is 0. The minimum Gasteiger partial charge on any atom is -0.333 e. The Labute approximate surface area is 111 Å². The molecule has 0 saturated carbocycles. The molecule has 18 heavy (non-hydrogen) atoms. The van der Waals surface area contributed by atoms with E-state index in [-0.39, 0.29) is 5.82 Å². The van der Waals surface area contributed by atoms with Gasteiger partial charge in [-0.25, -0.2) is 4.39 Å². The third-order valence-electron chi connectivity index (χ3n) is 2.34. The van der Waals surface area contributed by atoms with Gasteiger partial charge in [0.15, 0.2) is 0 Å². The third kappa shape index (κ3) is 2.02. The van der Waals surface area contributed by atoms with Gasteiger partial charge in [-0.05, 0) is 35.7 Å². The second-order valence-electron chi connectivity index (χ2n) is 3.53. The number of nitrogens with zero attached hydrogens (tertiary/aromatic N) is 2. The molecular weight excluding hydrogens is 275 g/mol. The summed E-state index contributed by atoms with van der Waals surface area (Å²) in [7, 11) is 0. The van der Waals surface area contributed by atoms with Gasteiger partial charge < -0.3 is 4.52 Å². The predicted octanol–water partition coefficient (Wildman–Crippen LogP) is 4.26. The zero-order valence-electron chi connectivity index (χ0n) is 8.93. The maximum Gasteiger partial charge on any atom is 0.269 e. The van der Waals surface area contributed by atoms with Crippen LogP contribution in [0.5, 0.6) is 0 Å². The first-order valence-electron chi connectivity index (χ1n) is 5.07. The number of rotatable bonds is 2. The van der Waals surface area contributed by atoms with Crippen molar-refractivity contribution in [2.45, 2.75) is 0 Å². The molecule has 3 nitrogen and oxygen atoms in total. The summed E-state index contributed by atoms with van der Waals surface area (Å²) in [6.07, 6.45) is 0. The fourth-order valence-electron chi connectivity index (χ4n) is 1.48. The van der Waals surface area contributed by atoms with Crippen molar-refractivity contribution in [3.63, 3.8) is 0 Å². The Balaban J connectivity index is 1.99. The van der Waals surface area contributed by atoms with E-state index >= 15 is 0 Å². The molecule has 0 unspecified atom stereocenters. The lowest BCUT2D eigenvalue weighted by atomic mass is 10.2. The SMILES string of the molecule is Fc1ccc(-c2noc(-c3sccc3Cl)n2)cc1. The van der Waals surface area contributed by atoms with E-state index in [9.17, 15) is 4.39 Å². The van der Waals surface area contributed by atoms with Crippen LogP contribution in [0.3, 0.4) is 0 Å². The molecule has 0 N–H and O–H groups in total. The number of thiophene rings is 1. The van der Waals surface area contributed by atoms with Crippen molar-refractivity contribution in [3.05, 3.63) is 46.6 Å². The van der Waals surface area contributed by atoms with Gasteiger partial charge in [-0.3, -0.25) is 0 Å². The summed E-state index contributed by atoms with van der Waals surface area (Å²) in [5.41, 5.74) is 0.694. The smallest absolute Gasteiger partial charge is 0.269 e. The van der Waals surface area contributed by atoms with Gasteiger partial charge in [0, 0.05) is 5.56 Å². The third-order valence-corrected chi connectivity index (χ3v) is 3.67. The van der Waals surface area contributed by atoms with Crippen molar-refractivity contribution >= 4 is 22.9 Å². The summed E-state index contributed by atoms with van der Waals surface area (Å²) in [6.45, 7) is 0. The Hall–Kier alpha value is -1.72. The van der Waals surface area contributed by atoms with E-state index in [4.69, 9.17) is 16.1 Å². The van der Waals surface area contributed by atoms with Crippen molar-refractivity contribution in [1.29, 1.82) is 0 Å². The first kappa shape index (κ1) is 11.4. The average molecular weight is 281 g/mol. The molecule has 90 valence electrons. The molecule has 0 aliphatic heterocycles. The second kappa shape index (κ2) is 4.51. The van der Waals surface area contributed by atoms with Gasteiger partial charge >= 0.3 is 0 Å². The average Bonchev–Trinajstić information content (AvgIpc) is 2.98. The van der Waals surface area contributed by atoms with Crippen LogP contribution in [0.2, 0.25) is 5.02 Å². The monoisotopic (exact) mass is 280 g/mol. The van der Waals surface area contributed by atoms with Gasteiger partial charge in [-0.1, -0.05) is 16.8 Å². The van der Waals surface area contributed by atoms with Crippen LogP contribution in [-0.2, 0) is 0 Å². The minimum absolute atomic E-state index is 0.302. The summed E-state index contributed by atoms with van der Waals surface area (Å²) < 4.78 is 17.9. The minimum atomic E-state index is -0.302. The van der Waals surface area contributed by atoms with Crippen molar-refractivity contribution in [2.75, 3.05) is 0 Å². The van der Waals surface area contributed by atoms with Crippen molar-refractivity contribution < 1.29 is 8.91 Å². The lowest BCUT2D eigenvalue weighted by molar-refractivity contribution is 0.433. The van der Waals surface area contributed by atoms with Gasteiger partial charge in [0.2, 0.25) is 5.82 Å². The highest BCUT2D eigenvalue weighted by Gasteiger charge is 2.14. The van der Waals surface area contributed by atoms with E-state index in [1.165, 1.54) is 23.5 Å². The molecule has 0 saturated heterocycles. The van der Waals surface area contributed by atoms with Crippen LogP contribution in [0.1, 0.15) is 0 Å². The van der Waals surface area contributed by atoms with Crippen LogP contribution in [0.4, 0.5) is 4.39 Å². The molecule has 2 aromatic heterocycles. The largest absolute Gasteiger partial charge is 0.333 e. The molecular formula is C12H6ClFN2OS. The first-order valence-corrected chi connectivity index (χ1v) is 6.33. The standard InChI is InChI=1S/C12H6ClFN2OS/c13-9-5-6-18-10(9)12-15-11(16-17-12)7-1-3-8(14)4-2-7/h1-6H. The Kier molecular flexibility index (Phi) is 2.85. The first-order chi connectivity index (χ1) is 8.74. The van der Waals surface area contributed by atoms with Crippen molar-refractivity contribution in [2.24, 2.45) is 0 Å². The summed E-state index contributed by atoms with van der Waals surface area (Å²) in [6, 6.07) is 7.66. The van der Waals surface area contributed by atoms with Crippen LogP contribution >= 0.6 is 22.9 Å². The van der Waals surface area contributed by atoms with Gasteiger partial charge in [-0.15, -0.1) is 11.3 Å².